The van der Waals surface area contributed by atoms with E-state index in [2.05, 4.69) is 0 Å². The molecule has 7 N–H and O–H groups in total. The average molecular weight is 387 g/mol. The molecule has 0 aliphatic heterocycles. The molecule has 0 bridgehead atoms. The second-order valence-corrected chi connectivity index (χ2v) is 7.97. The van der Waals surface area contributed by atoms with Crippen LogP contribution in [0.2, 0.25) is 0 Å². The van der Waals surface area contributed by atoms with E-state index >= 15 is 0 Å². The van der Waals surface area contributed by atoms with E-state index in [4.69, 9.17) is 5.73 Å². The fraction of sp³-hybridized carbons (Fsp3) is 0.400. The number of carbonyl (C=O) groups is 2. The summed E-state index contributed by atoms with van der Waals surface area (Å²) in [6.45, 7) is 1.54. The van der Waals surface area contributed by atoms with Gasteiger partial charge in [-0.15, -0.1) is 0 Å². The predicted octanol–water partition coefficient (Wildman–Crippen LogP) is 0.605. The van der Waals surface area contributed by atoms with Gasteiger partial charge in [0.1, 0.15) is 22.8 Å². The number of benzene rings is 1. The summed E-state index contributed by atoms with van der Waals surface area (Å²) in [6, 6.07) is 4.74. The number of phenolic OH excluding ortho intramolecular Hbond substituents is 1. The molecule has 0 unspecified atom stereocenters. The van der Waals surface area contributed by atoms with Crippen molar-refractivity contribution in [1.82, 2.24) is 0 Å². The maximum atomic E-state index is 12.3. The molecule has 1 amide bonds. The Morgan fingerprint density at radius 3 is 2.50 bits per heavy atom. The van der Waals surface area contributed by atoms with Crippen LogP contribution in [0.5, 0.6) is 5.75 Å². The third-order valence-electron chi connectivity index (χ3n) is 6.49. The van der Waals surface area contributed by atoms with Gasteiger partial charge in [0.05, 0.1) is 5.60 Å². The second-order valence-electron chi connectivity index (χ2n) is 7.97. The molecule has 1 aromatic rings. The summed E-state index contributed by atoms with van der Waals surface area (Å²) in [7, 11) is 0. The lowest BCUT2D eigenvalue weighted by molar-refractivity contribution is -0.130. The number of nitrogens with two attached hydrogens (primary N) is 1. The lowest BCUT2D eigenvalue weighted by Crippen LogP contribution is -2.55. The van der Waals surface area contributed by atoms with Gasteiger partial charge in [-0.2, -0.15) is 0 Å². The summed E-state index contributed by atoms with van der Waals surface area (Å²) in [6.07, 6.45) is -0.188. The van der Waals surface area contributed by atoms with Crippen LogP contribution in [0.4, 0.5) is 0 Å². The van der Waals surface area contributed by atoms with Crippen LogP contribution in [0, 0.1) is 11.8 Å². The molecule has 28 heavy (non-hydrogen) atoms. The van der Waals surface area contributed by atoms with Crippen molar-refractivity contribution < 1.29 is 35.1 Å². The van der Waals surface area contributed by atoms with Crippen LogP contribution in [0.1, 0.15) is 30.9 Å². The monoisotopic (exact) mass is 387 g/mol. The molecule has 1 aromatic carbocycles. The molecule has 0 spiro atoms. The van der Waals surface area contributed by atoms with E-state index in [-0.39, 0.29) is 30.6 Å². The summed E-state index contributed by atoms with van der Waals surface area (Å²) in [5.41, 5.74) is 1.76. The van der Waals surface area contributed by atoms with Gasteiger partial charge in [-0.05, 0) is 30.5 Å². The Morgan fingerprint density at radius 1 is 1.18 bits per heavy atom. The van der Waals surface area contributed by atoms with Gasteiger partial charge < -0.3 is 31.3 Å². The molecule has 8 nitrogen and oxygen atoms in total. The van der Waals surface area contributed by atoms with Crippen molar-refractivity contribution in [2.75, 3.05) is 0 Å². The van der Waals surface area contributed by atoms with E-state index < -0.39 is 51.8 Å². The molecule has 8 heteroatoms. The number of phenols is 1. The van der Waals surface area contributed by atoms with Gasteiger partial charge in [0.2, 0.25) is 0 Å². The van der Waals surface area contributed by atoms with E-state index in [0.29, 0.717) is 11.1 Å². The Balaban J connectivity index is 1.97. The Bertz CT molecular complexity index is 990. The van der Waals surface area contributed by atoms with Crippen molar-refractivity contribution in [3.05, 3.63) is 52.0 Å². The lowest BCUT2D eigenvalue weighted by Gasteiger charge is -2.50. The van der Waals surface area contributed by atoms with Crippen LogP contribution < -0.4 is 5.73 Å². The third-order valence-corrected chi connectivity index (χ3v) is 6.49. The standard InChI is InChI=1S/C20H21NO7/c1-19(27)11-3-2-4-13(22)9(11)7-10-12(19)5-8-6-14(23)15(18(21)26)17(25)20(8,28)16(10)24/h2-4,8,12,22,24-25,27-28H,5-7H2,1H3,(H2,21,26)/t8-,12-,19+,20-/m0/s1. The van der Waals surface area contributed by atoms with Crippen molar-refractivity contribution in [3.63, 3.8) is 0 Å². The fourth-order valence-electron chi connectivity index (χ4n) is 5.03. The number of Topliss-reactive ketones (excluding diaryl/α,β-unsaturated/α-hetero) is 1. The van der Waals surface area contributed by atoms with Gasteiger partial charge in [-0.1, -0.05) is 12.1 Å². The number of aliphatic hydroxyl groups excluding tert-OH is 2. The van der Waals surface area contributed by atoms with Crippen LogP contribution >= 0.6 is 0 Å². The average Bonchev–Trinajstić information content (AvgIpc) is 2.60. The molecule has 0 heterocycles. The summed E-state index contributed by atoms with van der Waals surface area (Å²) >= 11 is 0. The number of aliphatic hydroxyl groups is 4. The van der Waals surface area contributed by atoms with Gasteiger partial charge >= 0.3 is 0 Å². The predicted molar refractivity (Wildman–Crippen MR) is 96.1 cm³/mol. The zero-order valence-corrected chi connectivity index (χ0v) is 15.1. The molecule has 0 saturated carbocycles. The number of hydrogen-bond acceptors (Lipinski definition) is 7. The largest absolute Gasteiger partial charge is 0.509 e. The summed E-state index contributed by atoms with van der Waals surface area (Å²) in [4.78, 5) is 23.9. The minimum absolute atomic E-state index is 0.0385. The first kappa shape index (κ1) is 18.5. The Morgan fingerprint density at radius 2 is 1.86 bits per heavy atom. The summed E-state index contributed by atoms with van der Waals surface area (Å²) < 4.78 is 0. The Kier molecular flexibility index (Phi) is 3.70. The molecule has 0 aromatic heterocycles. The summed E-state index contributed by atoms with van der Waals surface area (Å²) in [5, 5.41) is 54.1. The van der Waals surface area contributed by atoms with Crippen molar-refractivity contribution in [2.24, 2.45) is 17.6 Å². The van der Waals surface area contributed by atoms with Gasteiger partial charge in [-0.3, -0.25) is 9.59 Å². The first-order valence-corrected chi connectivity index (χ1v) is 8.96. The molecule has 4 rings (SSSR count). The fourth-order valence-corrected chi connectivity index (χ4v) is 5.03. The number of primary amides is 1. The van der Waals surface area contributed by atoms with E-state index in [1.807, 2.05) is 0 Å². The van der Waals surface area contributed by atoms with E-state index in [1.165, 1.54) is 6.07 Å². The molecule has 3 aliphatic carbocycles. The molecular formula is C20H21NO7. The first-order chi connectivity index (χ1) is 13.0. The topological polar surface area (TPSA) is 161 Å². The van der Waals surface area contributed by atoms with Crippen LogP contribution in [-0.4, -0.2) is 42.8 Å². The lowest BCUT2D eigenvalue weighted by atomic mass is 9.57. The molecule has 0 radical (unpaired) electrons. The second kappa shape index (κ2) is 5.59. The smallest absolute Gasteiger partial charge is 0.255 e. The van der Waals surface area contributed by atoms with Crippen LogP contribution in [0.25, 0.3) is 0 Å². The molecule has 3 aliphatic rings. The number of ketones is 1. The van der Waals surface area contributed by atoms with Crippen LogP contribution in [0.15, 0.2) is 40.9 Å². The quantitative estimate of drug-likeness (QED) is 0.385. The highest BCUT2D eigenvalue weighted by molar-refractivity contribution is 6.20. The van der Waals surface area contributed by atoms with E-state index in [9.17, 15) is 35.1 Å². The minimum atomic E-state index is -2.35. The van der Waals surface area contributed by atoms with Crippen molar-refractivity contribution in [2.45, 2.75) is 37.4 Å². The van der Waals surface area contributed by atoms with Gasteiger partial charge in [0.15, 0.2) is 11.4 Å². The van der Waals surface area contributed by atoms with Gasteiger partial charge in [0.25, 0.3) is 5.91 Å². The van der Waals surface area contributed by atoms with Crippen molar-refractivity contribution >= 4 is 11.7 Å². The van der Waals surface area contributed by atoms with Gasteiger partial charge in [0, 0.05) is 30.2 Å². The summed E-state index contributed by atoms with van der Waals surface area (Å²) in [5.74, 6) is -5.15. The van der Waals surface area contributed by atoms with E-state index in [0.717, 1.165) is 0 Å². The number of fused-ring (bicyclic) bond motifs is 3. The highest BCUT2D eigenvalue weighted by Crippen LogP contribution is 2.56. The normalized spacial score (nSPS) is 34.6. The molecule has 4 atom stereocenters. The van der Waals surface area contributed by atoms with Crippen molar-refractivity contribution in [3.8, 4) is 5.75 Å². The number of rotatable bonds is 1. The Labute approximate surface area is 160 Å². The van der Waals surface area contributed by atoms with E-state index in [1.54, 1.807) is 19.1 Å². The molecule has 0 fully saturated rings. The number of hydrogen-bond donors (Lipinski definition) is 6. The van der Waals surface area contributed by atoms with Gasteiger partial charge in [-0.25, -0.2) is 0 Å². The van der Waals surface area contributed by atoms with Crippen LogP contribution in [-0.2, 0) is 21.6 Å². The zero-order valence-electron chi connectivity index (χ0n) is 15.1. The Hall–Kier alpha value is -2.84. The third kappa shape index (κ3) is 2.12. The number of aromatic hydroxyl groups is 1. The molecule has 148 valence electrons. The zero-order chi connectivity index (χ0) is 20.6. The first-order valence-electron chi connectivity index (χ1n) is 8.96. The SMILES string of the molecule is C[C@@]1(O)c2cccc(O)c2CC2=C(O)[C@]3(O)C(O)=C(C(N)=O)C(=O)C[C@@H]3C[C@@H]21. The highest BCUT2D eigenvalue weighted by Gasteiger charge is 2.59. The highest BCUT2D eigenvalue weighted by atomic mass is 16.4. The maximum absolute atomic E-state index is 12.3. The maximum Gasteiger partial charge on any atom is 0.255 e. The molecular weight excluding hydrogens is 366 g/mol. The van der Waals surface area contributed by atoms with Crippen LogP contribution in [0.3, 0.4) is 0 Å². The number of carbonyl (C=O) groups excluding carboxylic acids is 2. The number of amides is 1. The van der Waals surface area contributed by atoms with Crippen molar-refractivity contribution in [1.29, 1.82) is 0 Å². The minimum Gasteiger partial charge on any atom is -0.509 e. The molecule has 0 saturated heterocycles.